The molecule has 2 aromatic carbocycles. The standard InChI is InChI=1S/C21H26F2N4O/c1-14-4-5-15(10-20(14)28-3)12-25-21(24-2)26-17-8-9-27(13-17)19-7-6-16(22)11-18(19)23/h4-7,10-11,17H,8-9,12-13H2,1-3H3,(H2,24,25,26). The summed E-state index contributed by atoms with van der Waals surface area (Å²) in [4.78, 5) is 6.20. The van der Waals surface area contributed by atoms with Gasteiger partial charge >= 0.3 is 0 Å². The van der Waals surface area contributed by atoms with E-state index in [9.17, 15) is 8.78 Å². The lowest BCUT2D eigenvalue weighted by atomic mass is 10.1. The van der Waals surface area contributed by atoms with Gasteiger partial charge in [0.15, 0.2) is 5.96 Å². The van der Waals surface area contributed by atoms with Crippen LogP contribution < -0.4 is 20.3 Å². The number of rotatable bonds is 5. The van der Waals surface area contributed by atoms with Gasteiger partial charge in [-0.25, -0.2) is 8.78 Å². The Morgan fingerprint density at radius 3 is 2.79 bits per heavy atom. The Labute approximate surface area is 164 Å². The fourth-order valence-corrected chi connectivity index (χ4v) is 3.38. The van der Waals surface area contributed by atoms with Crippen molar-refractivity contribution >= 4 is 11.6 Å². The van der Waals surface area contributed by atoms with Gasteiger partial charge in [0.2, 0.25) is 0 Å². The molecule has 28 heavy (non-hydrogen) atoms. The maximum absolute atomic E-state index is 14.0. The normalized spacial score (nSPS) is 17.0. The number of aryl methyl sites for hydroxylation is 1. The van der Waals surface area contributed by atoms with E-state index in [1.165, 1.54) is 12.1 Å². The molecule has 7 heteroatoms. The molecule has 0 bridgehead atoms. The first-order valence-electron chi connectivity index (χ1n) is 9.31. The molecule has 1 aliphatic rings. The first-order valence-corrected chi connectivity index (χ1v) is 9.31. The van der Waals surface area contributed by atoms with Crippen molar-refractivity contribution < 1.29 is 13.5 Å². The van der Waals surface area contributed by atoms with E-state index in [-0.39, 0.29) is 6.04 Å². The van der Waals surface area contributed by atoms with Gasteiger partial charge < -0.3 is 20.3 Å². The Hall–Kier alpha value is -2.83. The average molecular weight is 388 g/mol. The number of ether oxygens (including phenoxy) is 1. The minimum Gasteiger partial charge on any atom is -0.496 e. The number of nitrogens with one attached hydrogen (secondary N) is 2. The Kier molecular flexibility index (Phi) is 6.34. The highest BCUT2D eigenvalue weighted by Gasteiger charge is 2.25. The molecule has 1 atom stereocenters. The Balaban J connectivity index is 1.55. The fourth-order valence-electron chi connectivity index (χ4n) is 3.38. The van der Waals surface area contributed by atoms with Gasteiger partial charge in [-0.05, 0) is 42.7 Å². The van der Waals surface area contributed by atoms with Crippen LogP contribution in [0.4, 0.5) is 14.5 Å². The molecule has 0 amide bonds. The number of nitrogens with zero attached hydrogens (tertiary/aromatic N) is 2. The summed E-state index contributed by atoms with van der Waals surface area (Å²) in [5.74, 6) is 0.449. The lowest BCUT2D eigenvalue weighted by Crippen LogP contribution is -2.44. The van der Waals surface area contributed by atoms with E-state index in [2.05, 4.69) is 15.6 Å². The van der Waals surface area contributed by atoms with E-state index in [0.29, 0.717) is 31.3 Å². The van der Waals surface area contributed by atoms with E-state index in [1.54, 1.807) is 14.2 Å². The van der Waals surface area contributed by atoms with Gasteiger partial charge in [0.1, 0.15) is 17.4 Å². The molecule has 1 saturated heterocycles. The summed E-state index contributed by atoms with van der Waals surface area (Å²) in [6, 6.07) is 9.91. The molecule has 3 rings (SSSR count). The number of hydrogen-bond acceptors (Lipinski definition) is 3. The van der Waals surface area contributed by atoms with Crippen LogP contribution in [0.15, 0.2) is 41.4 Å². The van der Waals surface area contributed by atoms with Crippen molar-refractivity contribution in [2.24, 2.45) is 4.99 Å². The first kappa shape index (κ1) is 19.9. The van der Waals surface area contributed by atoms with Gasteiger partial charge in [0, 0.05) is 38.8 Å². The number of halogens is 2. The molecule has 5 nitrogen and oxygen atoms in total. The Bertz CT molecular complexity index is 856. The third-order valence-electron chi connectivity index (χ3n) is 4.94. The fraction of sp³-hybridized carbons (Fsp3) is 0.381. The second-order valence-corrected chi connectivity index (χ2v) is 6.90. The number of benzene rings is 2. The number of guanidine groups is 1. The number of hydrogen-bond donors (Lipinski definition) is 2. The number of methoxy groups -OCH3 is 1. The summed E-state index contributed by atoms with van der Waals surface area (Å²) in [5.41, 5.74) is 2.61. The van der Waals surface area contributed by atoms with Crippen LogP contribution in [-0.2, 0) is 6.54 Å². The van der Waals surface area contributed by atoms with Crippen LogP contribution in [0, 0.1) is 18.6 Å². The molecule has 0 aromatic heterocycles. The molecular formula is C21H26F2N4O. The molecule has 0 radical (unpaired) electrons. The topological polar surface area (TPSA) is 48.9 Å². The van der Waals surface area contributed by atoms with Crippen LogP contribution in [-0.4, -0.2) is 39.2 Å². The summed E-state index contributed by atoms with van der Waals surface area (Å²) < 4.78 is 32.5. The molecule has 0 spiro atoms. The second-order valence-electron chi connectivity index (χ2n) is 6.90. The summed E-state index contributed by atoms with van der Waals surface area (Å²) in [7, 11) is 3.38. The van der Waals surface area contributed by atoms with Crippen molar-refractivity contribution in [2.75, 3.05) is 32.1 Å². The van der Waals surface area contributed by atoms with Crippen molar-refractivity contribution in [1.29, 1.82) is 0 Å². The van der Waals surface area contributed by atoms with Crippen LogP contribution in [0.25, 0.3) is 0 Å². The maximum Gasteiger partial charge on any atom is 0.191 e. The number of aliphatic imine (C=N–C) groups is 1. The number of anilines is 1. The summed E-state index contributed by atoms with van der Waals surface area (Å²) in [6.07, 6.45) is 0.843. The van der Waals surface area contributed by atoms with Crippen molar-refractivity contribution in [3.8, 4) is 5.75 Å². The monoisotopic (exact) mass is 388 g/mol. The lowest BCUT2D eigenvalue weighted by Gasteiger charge is -2.21. The molecular weight excluding hydrogens is 362 g/mol. The summed E-state index contributed by atoms with van der Waals surface area (Å²) >= 11 is 0. The van der Waals surface area contributed by atoms with E-state index in [1.807, 2.05) is 30.0 Å². The molecule has 2 N–H and O–H groups in total. The highest BCUT2D eigenvalue weighted by molar-refractivity contribution is 5.80. The zero-order valence-electron chi connectivity index (χ0n) is 16.4. The molecule has 2 aromatic rings. The molecule has 0 saturated carbocycles. The molecule has 1 fully saturated rings. The predicted molar refractivity (Wildman–Crippen MR) is 108 cm³/mol. The maximum atomic E-state index is 14.0. The quantitative estimate of drug-likeness (QED) is 0.610. The van der Waals surface area contributed by atoms with Gasteiger partial charge in [-0.15, -0.1) is 0 Å². The van der Waals surface area contributed by atoms with Gasteiger partial charge in [0.05, 0.1) is 12.8 Å². The lowest BCUT2D eigenvalue weighted by molar-refractivity contribution is 0.411. The zero-order chi connectivity index (χ0) is 20.1. The summed E-state index contributed by atoms with van der Waals surface area (Å²) in [5, 5.41) is 6.67. The predicted octanol–water partition coefficient (Wildman–Crippen LogP) is 3.23. The third kappa shape index (κ3) is 4.71. The molecule has 0 aliphatic carbocycles. The van der Waals surface area contributed by atoms with Crippen molar-refractivity contribution in [1.82, 2.24) is 10.6 Å². The molecule has 1 heterocycles. The van der Waals surface area contributed by atoms with Gasteiger partial charge in [-0.1, -0.05) is 12.1 Å². The molecule has 1 aliphatic heterocycles. The van der Waals surface area contributed by atoms with E-state index >= 15 is 0 Å². The van der Waals surface area contributed by atoms with Crippen molar-refractivity contribution in [2.45, 2.75) is 25.9 Å². The molecule has 150 valence electrons. The van der Waals surface area contributed by atoms with Crippen LogP contribution in [0.2, 0.25) is 0 Å². The summed E-state index contributed by atoms with van der Waals surface area (Å²) in [6.45, 7) is 3.94. The molecule has 1 unspecified atom stereocenters. The smallest absolute Gasteiger partial charge is 0.191 e. The minimum absolute atomic E-state index is 0.128. The van der Waals surface area contributed by atoms with Crippen LogP contribution in [0.5, 0.6) is 5.75 Å². The second kappa shape index (κ2) is 8.91. The van der Waals surface area contributed by atoms with E-state index in [0.717, 1.165) is 29.4 Å². The van der Waals surface area contributed by atoms with Crippen LogP contribution in [0.1, 0.15) is 17.5 Å². The first-order chi connectivity index (χ1) is 13.5. The largest absolute Gasteiger partial charge is 0.496 e. The Morgan fingerprint density at radius 2 is 2.07 bits per heavy atom. The van der Waals surface area contributed by atoms with E-state index in [4.69, 9.17) is 4.74 Å². The zero-order valence-corrected chi connectivity index (χ0v) is 16.4. The van der Waals surface area contributed by atoms with Gasteiger partial charge in [0.25, 0.3) is 0 Å². The van der Waals surface area contributed by atoms with Gasteiger partial charge in [-0.2, -0.15) is 0 Å². The average Bonchev–Trinajstić information content (AvgIpc) is 3.14. The SMILES string of the molecule is CN=C(NCc1ccc(C)c(OC)c1)NC1CCN(c2ccc(F)cc2F)C1. The highest BCUT2D eigenvalue weighted by atomic mass is 19.1. The van der Waals surface area contributed by atoms with Gasteiger partial charge in [-0.3, -0.25) is 4.99 Å². The van der Waals surface area contributed by atoms with Crippen molar-refractivity contribution in [3.05, 3.63) is 59.2 Å². The van der Waals surface area contributed by atoms with Crippen LogP contribution >= 0.6 is 0 Å². The highest BCUT2D eigenvalue weighted by Crippen LogP contribution is 2.24. The van der Waals surface area contributed by atoms with Crippen molar-refractivity contribution in [3.63, 3.8) is 0 Å². The van der Waals surface area contributed by atoms with E-state index < -0.39 is 11.6 Å². The minimum atomic E-state index is -0.563. The Morgan fingerprint density at radius 1 is 1.25 bits per heavy atom. The third-order valence-corrected chi connectivity index (χ3v) is 4.94. The van der Waals surface area contributed by atoms with Crippen LogP contribution in [0.3, 0.4) is 0 Å².